The monoisotopic (exact) mass is 490 g/mol. The van der Waals surface area contributed by atoms with Gasteiger partial charge in [-0.1, -0.05) is 12.1 Å². The van der Waals surface area contributed by atoms with Crippen LogP contribution in [0.1, 0.15) is 11.3 Å². The normalized spacial score (nSPS) is 10.7. The number of pyridine rings is 1. The maximum absolute atomic E-state index is 5.22. The highest BCUT2D eigenvalue weighted by molar-refractivity contribution is 14.0. The van der Waals surface area contributed by atoms with E-state index in [9.17, 15) is 0 Å². The first-order chi connectivity index (χ1) is 10.7. The van der Waals surface area contributed by atoms with Crippen LogP contribution in [0.15, 0.2) is 52.1 Å². The highest BCUT2D eigenvalue weighted by Crippen LogP contribution is 2.25. The molecule has 0 unspecified atom stereocenters. The third-order valence-electron chi connectivity index (χ3n) is 3.06. The minimum absolute atomic E-state index is 0. The predicted octanol–water partition coefficient (Wildman–Crippen LogP) is 3.34. The smallest absolute Gasteiger partial charge is 0.191 e. The summed E-state index contributed by atoms with van der Waals surface area (Å²) in [5.74, 6) is 1.55. The van der Waals surface area contributed by atoms with Crippen molar-refractivity contribution in [1.29, 1.82) is 0 Å². The fourth-order valence-corrected chi connectivity index (χ4v) is 2.49. The van der Waals surface area contributed by atoms with Gasteiger partial charge in [-0.05, 0) is 45.8 Å². The van der Waals surface area contributed by atoms with Gasteiger partial charge in [0, 0.05) is 19.8 Å². The molecule has 0 aliphatic rings. The van der Waals surface area contributed by atoms with E-state index in [0.29, 0.717) is 13.1 Å². The van der Waals surface area contributed by atoms with Crippen LogP contribution in [0.2, 0.25) is 0 Å². The molecule has 0 saturated heterocycles. The van der Waals surface area contributed by atoms with Crippen molar-refractivity contribution in [3.05, 3.63) is 58.3 Å². The van der Waals surface area contributed by atoms with Crippen molar-refractivity contribution in [2.45, 2.75) is 13.1 Å². The molecule has 5 nitrogen and oxygen atoms in total. The van der Waals surface area contributed by atoms with Crippen molar-refractivity contribution in [3.63, 3.8) is 0 Å². The molecule has 0 atom stereocenters. The van der Waals surface area contributed by atoms with Crippen LogP contribution in [-0.2, 0) is 13.1 Å². The van der Waals surface area contributed by atoms with Gasteiger partial charge in [-0.25, -0.2) is 0 Å². The highest BCUT2D eigenvalue weighted by Gasteiger charge is 2.03. The molecular formula is C16H20BrIN4O. The lowest BCUT2D eigenvalue weighted by Gasteiger charge is -2.12. The minimum Gasteiger partial charge on any atom is -0.496 e. The Kier molecular flexibility index (Phi) is 8.93. The van der Waals surface area contributed by atoms with E-state index >= 15 is 0 Å². The first kappa shape index (κ1) is 19.7. The summed E-state index contributed by atoms with van der Waals surface area (Å²) in [6.07, 6.45) is 1.78. The zero-order valence-corrected chi connectivity index (χ0v) is 17.0. The Labute approximate surface area is 162 Å². The molecule has 1 aromatic heterocycles. The van der Waals surface area contributed by atoms with E-state index in [1.165, 1.54) is 0 Å². The molecule has 0 bridgehead atoms. The van der Waals surface area contributed by atoms with Crippen LogP contribution in [0.4, 0.5) is 0 Å². The molecule has 1 aromatic carbocycles. The molecular weight excluding hydrogens is 471 g/mol. The Morgan fingerprint density at radius 1 is 1.22 bits per heavy atom. The molecule has 23 heavy (non-hydrogen) atoms. The average molecular weight is 491 g/mol. The maximum atomic E-state index is 5.22. The van der Waals surface area contributed by atoms with E-state index in [1.807, 2.05) is 36.4 Å². The van der Waals surface area contributed by atoms with E-state index < -0.39 is 0 Å². The van der Waals surface area contributed by atoms with Crippen molar-refractivity contribution in [2.24, 2.45) is 4.99 Å². The van der Waals surface area contributed by atoms with E-state index in [1.54, 1.807) is 20.4 Å². The first-order valence-corrected chi connectivity index (χ1v) is 7.69. The lowest BCUT2D eigenvalue weighted by atomic mass is 10.2. The number of halogens is 2. The number of ether oxygens (including phenoxy) is 1. The summed E-state index contributed by atoms with van der Waals surface area (Å²) in [6, 6.07) is 11.8. The second-order valence-corrected chi connectivity index (χ2v) is 5.42. The summed E-state index contributed by atoms with van der Waals surface area (Å²) in [5, 5.41) is 6.50. The van der Waals surface area contributed by atoms with E-state index in [2.05, 4.69) is 36.5 Å². The quantitative estimate of drug-likeness (QED) is 0.383. The lowest BCUT2D eigenvalue weighted by molar-refractivity contribution is 0.412. The Bertz CT molecular complexity index is 637. The van der Waals surface area contributed by atoms with Crippen LogP contribution in [0.5, 0.6) is 5.75 Å². The van der Waals surface area contributed by atoms with Crippen LogP contribution in [0.25, 0.3) is 0 Å². The minimum atomic E-state index is 0. The highest BCUT2D eigenvalue weighted by atomic mass is 127. The van der Waals surface area contributed by atoms with Gasteiger partial charge in [0.15, 0.2) is 5.96 Å². The number of nitrogens with zero attached hydrogens (tertiary/aromatic N) is 2. The standard InChI is InChI=1S/C16H19BrN4O.HI/c1-18-16(21-11-13-5-3-4-8-19-13)20-10-12-6-7-15(22-2)14(17)9-12;/h3-9H,10-11H2,1-2H3,(H2,18,20,21);1H. The Morgan fingerprint density at radius 3 is 2.61 bits per heavy atom. The number of methoxy groups -OCH3 is 1. The van der Waals surface area contributed by atoms with Crippen molar-refractivity contribution in [2.75, 3.05) is 14.2 Å². The number of aliphatic imine (C=N–C) groups is 1. The molecule has 0 radical (unpaired) electrons. The van der Waals surface area contributed by atoms with E-state index in [0.717, 1.165) is 27.4 Å². The summed E-state index contributed by atoms with van der Waals surface area (Å²) in [7, 11) is 3.40. The third-order valence-corrected chi connectivity index (χ3v) is 3.68. The molecule has 0 fully saturated rings. The molecule has 0 spiro atoms. The number of hydrogen-bond donors (Lipinski definition) is 2. The average Bonchev–Trinajstić information content (AvgIpc) is 2.56. The van der Waals surface area contributed by atoms with Crippen LogP contribution < -0.4 is 15.4 Å². The van der Waals surface area contributed by atoms with Gasteiger partial charge in [0.05, 0.1) is 23.8 Å². The van der Waals surface area contributed by atoms with Crippen LogP contribution >= 0.6 is 39.9 Å². The van der Waals surface area contributed by atoms with Gasteiger partial charge in [0.2, 0.25) is 0 Å². The molecule has 7 heteroatoms. The number of benzene rings is 1. The number of guanidine groups is 1. The summed E-state index contributed by atoms with van der Waals surface area (Å²) in [6.45, 7) is 1.30. The molecule has 2 aromatic rings. The van der Waals surface area contributed by atoms with Crippen molar-refractivity contribution >= 4 is 45.9 Å². The number of nitrogens with one attached hydrogen (secondary N) is 2. The Morgan fingerprint density at radius 2 is 2.00 bits per heavy atom. The summed E-state index contributed by atoms with van der Waals surface area (Å²) in [5.41, 5.74) is 2.10. The second kappa shape index (κ2) is 10.4. The topological polar surface area (TPSA) is 58.5 Å². The molecule has 1 heterocycles. The molecule has 0 amide bonds. The molecule has 0 saturated carbocycles. The Balaban J connectivity index is 0.00000264. The second-order valence-electron chi connectivity index (χ2n) is 4.57. The fraction of sp³-hybridized carbons (Fsp3) is 0.250. The Hall–Kier alpha value is -1.35. The first-order valence-electron chi connectivity index (χ1n) is 6.89. The molecule has 2 N–H and O–H groups in total. The maximum Gasteiger partial charge on any atom is 0.191 e. The number of aromatic nitrogens is 1. The fourth-order valence-electron chi connectivity index (χ4n) is 1.90. The van der Waals surface area contributed by atoms with Crippen LogP contribution in [-0.4, -0.2) is 25.1 Å². The van der Waals surface area contributed by atoms with Gasteiger partial charge in [-0.2, -0.15) is 0 Å². The van der Waals surface area contributed by atoms with Crippen molar-refractivity contribution in [1.82, 2.24) is 15.6 Å². The lowest BCUT2D eigenvalue weighted by Crippen LogP contribution is -2.36. The summed E-state index contributed by atoms with van der Waals surface area (Å²) in [4.78, 5) is 8.47. The van der Waals surface area contributed by atoms with Crippen LogP contribution in [0, 0.1) is 0 Å². The van der Waals surface area contributed by atoms with Crippen LogP contribution in [0.3, 0.4) is 0 Å². The molecule has 124 valence electrons. The summed E-state index contributed by atoms with van der Waals surface area (Å²) < 4.78 is 6.16. The van der Waals surface area contributed by atoms with Gasteiger partial charge < -0.3 is 15.4 Å². The van der Waals surface area contributed by atoms with Gasteiger partial charge >= 0.3 is 0 Å². The largest absolute Gasteiger partial charge is 0.496 e. The summed E-state index contributed by atoms with van der Waals surface area (Å²) >= 11 is 3.49. The van der Waals surface area contributed by atoms with E-state index in [-0.39, 0.29) is 24.0 Å². The molecule has 2 rings (SSSR count). The predicted molar refractivity (Wildman–Crippen MR) is 107 cm³/mol. The SMILES string of the molecule is CN=C(NCc1ccc(OC)c(Br)c1)NCc1ccccn1.I. The van der Waals surface area contributed by atoms with Gasteiger partial charge in [-0.15, -0.1) is 24.0 Å². The van der Waals surface area contributed by atoms with E-state index in [4.69, 9.17) is 4.74 Å². The van der Waals surface area contributed by atoms with Crippen molar-refractivity contribution < 1.29 is 4.74 Å². The van der Waals surface area contributed by atoms with Gasteiger partial charge in [0.1, 0.15) is 5.75 Å². The number of hydrogen-bond acceptors (Lipinski definition) is 3. The zero-order valence-electron chi connectivity index (χ0n) is 13.0. The third kappa shape index (κ3) is 6.34. The molecule has 0 aliphatic heterocycles. The van der Waals surface area contributed by atoms with Gasteiger partial charge in [-0.3, -0.25) is 9.98 Å². The molecule has 0 aliphatic carbocycles. The van der Waals surface area contributed by atoms with Crippen molar-refractivity contribution in [3.8, 4) is 5.75 Å². The van der Waals surface area contributed by atoms with Gasteiger partial charge in [0.25, 0.3) is 0 Å². The zero-order chi connectivity index (χ0) is 15.8. The number of rotatable bonds is 5.